The topological polar surface area (TPSA) is 75.9 Å². The predicted octanol–water partition coefficient (Wildman–Crippen LogP) is 0.988. The Morgan fingerprint density at radius 2 is 2.27 bits per heavy atom. The van der Waals surface area contributed by atoms with Gasteiger partial charge in [-0.3, -0.25) is 0 Å². The van der Waals surface area contributed by atoms with E-state index in [0.29, 0.717) is 11.9 Å². The van der Waals surface area contributed by atoms with Crippen LogP contribution < -0.4 is 16.6 Å². The van der Waals surface area contributed by atoms with Crippen LogP contribution in [-0.2, 0) is 0 Å². The molecule has 82 valence electrons. The van der Waals surface area contributed by atoms with E-state index in [4.69, 9.17) is 5.84 Å². The molecule has 6 heteroatoms. The average molecular weight is 225 g/mol. The summed E-state index contributed by atoms with van der Waals surface area (Å²) in [4.78, 5) is 8.45. The Morgan fingerprint density at radius 3 is 2.93 bits per heavy atom. The molecule has 1 aromatic heterocycles. The third-order valence-corrected chi connectivity index (χ3v) is 3.43. The molecule has 0 radical (unpaired) electrons. The van der Waals surface area contributed by atoms with Crippen molar-refractivity contribution in [2.75, 3.05) is 22.2 Å². The first-order valence-electron chi connectivity index (χ1n) is 4.94. The maximum absolute atomic E-state index is 5.32. The third-order valence-electron chi connectivity index (χ3n) is 2.27. The number of aryl methyl sites for hydroxylation is 1. The van der Waals surface area contributed by atoms with Crippen molar-refractivity contribution >= 4 is 23.4 Å². The molecule has 0 aromatic carbocycles. The summed E-state index contributed by atoms with van der Waals surface area (Å²) in [5.74, 6) is 9.92. The Kier molecular flexibility index (Phi) is 3.27. The molecule has 1 aromatic rings. The minimum absolute atomic E-state index is 0.523. The number of thioether (sulfide) groups is 1. The number of rotatable bonds is 3. The molecular weight excluding hydrogens is 210 g/mol. The van der Waals surface area contributed by atoms with Crippen molar-refractivity contribution in [1.29, 1.82) is 0 Å². The van der Waals surface area contributed by atoms with Gasteiger partial charge in [0.25, 0.3) is 0 Å². The first kappa shape index (κ1) is 10.5. The smallest absolute Gasteiger partial charge is 0.145 e. The number of nitrogens with one attached hydrogen (secondary N) is 2. The highest BCUT2D eigenvalue weighted by Crippen LogP contribution is 2.21. The van der Waals surface area contributed by atoms with Gasteiger partial charge in [0.05, 0.1) is 0 Å². The van der Waals surface area contributed by atoms with E-state index in [1.807, 2.05) is 24.8 Å². The second-order valence-electron chi connectivity index (χ2n) is 3.53. The second kappa shape index (κ2) is 4.67. The molecule has 1 fully saturated rings. The lowest BCUT2D eigenvalue weighted by Crippen LogP contribution is -2.20. The minimum atomic E-state index is 0.523. The second-order valence-corrected chi connectivity index (χ2v) is 4.68. The summed E-state index contributed by atoms with van der Waals surface area (Å²) in [6, 6.07) is 2.35. The Hall–Kier alpha value is -1.01. The molecule has 1 unspecified atom stereocenters. The van der Waals surface area contributed by atoms with E-state index < -0.39 is 0 Å². The molecule has 0 saturated carbocycles. The zero-order valence-electron chi connectivity index (χ0n) is 8.66. The summed E-state index contributed by atoms with van der Waals surface area (Å²) in [5, 5.41) is 3.39. The zero-order chi connectivity index (χ0) is 10.7. The molecule has 2 heterocycles. The van der Waals surface area contributed by atoms with Crippen molar-refractivity contribution in [2.24, 2.45) is 5.84 Å². The maximum Gasteiger partial charge on any atom is 0.145 e. The van der Waals surface area contributed by atoms with Crippen LogP contribution >= 0.6 is 11.8 Å². The number of aromatic nitrogens is 2. The lowest BCUT2D eigenvalue weighted by atomic mass is 10.2. The quantitative estimate of drug-likeness (QED) is 0.526. The standard InChI is InChI=1S/C9H15N5S/c1-6-11-8(4-9(12-6)14-10)13-7-2-3-15-5-7/h4,7H,2-3,5,10H2,1H3,(H2,11,12,13,14). The van der Waals surface area contributed by atoms with Gasteiger partial charge >= 0.3 is 0 Å². The van der Waals surface area contributed by atoms with Gasteiger partial charge in [-0.25, -0.2) is 15.8 Å². The van der Waals surface area contributed by atoms with Gasteiger partial charge in [0.1, 0.15) is 17.5 Å². The highest BCUT2D eigenvalue weighted by Gasteiger charge is 2.15. The molecule has 0 bridgehead atoms. The van der Waals surface area contributed by atoms with Crippen LogP contribution in [-0.4, -0.2) is 27.5 Å². The number of hydrogen-bond donors (Lipinski definition) is 3. The van der Waals surface area contributed by atoms with E-state index >= 15 is 0 Å². The molecule has 0 aliphatic carbocycles. The van der Waals surface area contributed by atoms with Crippen LogP contribution in [0.15, 0.2) is 6.07 Å². The van der Waals surface area contributed by atoms with Gasteiger partial charge in [-0.15, -0.1) is 0 Å². The summed E-state index contributed by atoms with van der Waals surface area (Å²) < 4.78 is 0. The van der Waals surface area contributed by atoms with E-state index in [0.717, 1.165) is 17.4 Å². The average Bonchev–Trinajstić information content (AvgIpc) is 2.69. The van der Waals surface area contributed by atoms with E-state index in [-0.39, 0.29) is 0 Å². The van der Waals surface area contributed by atoms with Crippen LogP contribution in [0.25, 0.3) is 0 Å². The molecule has 5 nitrogen and oxygen atoms in total. The molecule has 1 aliphatic heterocycles. The largest absolute Gasteiger partial charge is 0.366 e. The minimum Gasteiger partial charge on any atom is -0.366 e. The van der Waals surface area contributed by atoms with Crippen LogP contribution in [0.4, 0.5) is 11.6 Å². The summed E-state index contributed by atoms with van der Waals surface area (Å²) in [7, 11) is 0. The first-order valence-corrected chi connectivity index (χ1v) is 6.10. The van der Waals surface area contributed by atoms with Crippen LogP contribution in [0, 0.1) is 6.92 Å². The summed E-state index contributed by atoms with van der Waals surface area (Å²) in [6.07, 6.45) is 1.19. The maximum atomic E-state index is 5.32. The number of anilines is 2. The Bertz CT molecular complexity index is 337. The predicted molar refractivity (Wildman–Crippen MR) is 63.9 cm³/mol. The van der Waals surface area contributed by atoms with Crippen molar-refractivity contribution in [3.05, 3.63) is 11.9 Å². The van der Waals surface area contributed by atoms with E-state index in [2.05, 4.69) is 20.7 Å². The highest BCUT2D eigenvalue weighted by atomic mass is 32.2. The Morgan fingerprint density at radius 1 is 1.47 bits per heavy atom. The summed E-state index contributed by atoms with van der Waals surface area (Å²) in [6.45, 7) is 1.86. The zero-order valence-corrected chi connectivity index (χ0v) is 9.47. The van der Waals surface area contributed by atoms with Gasteiger partial charge < -0.3 is 10.7 Å². The number of nitrogens with two attached hydrogens (primary N) is 1. The normalized spacial score (nSPS) is 20.3. The fourth-order valence-electron chi connectivity index (χ4n) is 1.57. The number of hydrogen-bond acceptors (Lipinski definition) is 6. The van der Waals surface area contributed by atoms with Crippen LogP contribution in [0.5, 0.6) is 0 Å². The van der Waals surface area contributed by atoms with Gasteiger partial charge in [0, 0.05) is 17.9 Å². The molecule has 1 saturated heterocycles. The van der Waals surface area contributed by atoms with Gasteiger partial charge in [-0.05, 0) is 19.1 Å². The first-order chi connectivity index (χ1) is 7.28. The van der Waals surface area contributed by atoms with Gasteiger partial charge in [-0.2, -0.15) is 11.8 Å². The molecule has 15 heavy (non-hydrogen) atoms. The van der Waals surface area contributed by atoms with Gasteiger partial charge in [0.2, 0.25) is 0 Å². The van der Waals surface area contributed by atoms with Crippen LogP contribution in [0.2, 0.25) is 0 Å². The number of nitrogen functional groups attached to an aromatic ring is 1. The van der Waals surface area contributed by atoms with E-state index in [9.17, 15) is 0 Å². The van der Waals surface area contributed by atoms with Crippen LogP contribution in [0.3, 0.4) is 0 Å². The van der Waals surface area contributed by atoms with Crippen molar-refractivity contribution < 1.29 is 0 Å². The van der Waals surface area contributed by atoms with Crippen LogP contribution in [0.1, 0.15) is 12.2 Å². The molecule has 0 spiro atoms. The number of hydrazine groups is 1. The molecule has 4 N–H and O–H groups in total. The van der Waals surface area contributed by atoms with Crippen molar-refractivity contribution in [1.82, 2.24) is 9.97 Å². The van der Waals surface area contributed by atoms with E-state index in [1.54, 1.807) is 0 Å². The SMILES string of the molecule is Cc1nc(NN)cc(NC2CCSC2)n1. The van der Waals surface area contributed by atoms with E-state index in [1.165, 1.54) is 12.2 Å². The molecule has 1 aliphatic rings. The fraction of sp³-hybridized carbons (Fsp3) is 0.556. The molecule has 1 atom stereocenters. The highest BCUT2D eigenvalue weighted by molar-refractivity contribution is 7.99. The van der Waals surface area contributed by atoms with Gasteiger partial charge in [-0.1, -0.05) is 0 Å². The fourth-order valence-corrected chi connectivity index (χ4v) is 2.73. The Balaban J connectivity index is 2.09. The van der Waals surface area contributed by atoms with Crippen molar-refractivity contribution in [3.63, 3.8) is 0 Å². The molecule has 2 rings (SSSR count). The number of nitrogens with zero attached hydrogens (tertiary/aromatic N) is 2. The van der Waals surface area contributed by atoms with Gasteiger partial charge in [0.15, 0.2) is 0 Å². The molecular formula is C9H15N5S. The van der Waals surface area contributed by atoms with Crippen molar-refractivity contribution in [3.8, 4) is 0 Å². The summed E-state index contributed by atoms with van der Waals surface area (Å²) in [5.41, 5.74) is 2.54. The lowest BCUT2D eigenvalue weighted by molar-refractivity contribution is 0.803. The lowest BCUT2D eigenvalue weighted by Gasteiger charge is -2.13. The monoisotopic (exact) mass is 225 g/mol. The Labute approximate surface area is 93.2 Å². The van der Waals surface area contributed by atoms with Crippen molar-refractivity contribution in [2.45, 2.75) is 19.4 Å². The molecule has 0 amide bonds. The summed E-state index contributed by atoms with van der Waals surface area (Å²) >= 11 is 1.97. The third kappa shape index (κ3) is 2.73.